The molecule has 3 aliphatic rings. The summed E-state index contributed by atoms with van der Waals surface area (Å²) in [5.74, 6) is 0.597. The number of rotatable bonds is 9. The van der Waals surface area contributed by atoms with Crippen LogP contribution in [0.2, 0.25) is 0 Å². The number of carbonyl (C=O) groups excluding carboxylic acids is 3. The van der Waals surface area contributed by atoms with Crippen LogP contribution < -0.4 is 25.6 Å². The molecule has 3 fully saturated rings. The van der Waals surface area contributed by atoms with Gasteiger partial charge < -0.3 is 30.5 Å². The lowest BCUT2D eigenvalue weighted by Gasteiger charge is -2.25. The quantitative estimate of drug-likeness (QED) is 0.312. The molecule has 3 heterocycles. The molecule has 2 aliphatic heterocycles. The molecule has 230 valence electrons. The lowest BCUT2D eigenvalue weighted by atomic mass is 9.93. The highest BCUT2D eigenvalue weighted by Gasteiger charge is 2.43. The number of likely N-dealkylation sites (tertiary alicyclic amines) is 1. The molecule has 0 radical (unpaired) electrons. The SMILES string of the molecule is CN1C(=O)C[C@@H](C(=O)NCC2CCN(c3ccc(NC(=O)Nc4ccc(OC5CCCC5)cc4)cc3)C2)[C@@H]1c1cccnc1. The Morgan fingerprint density at radius 3 is 2.34 bits per heavy atom. The van der Waals surface area contributed by atoms with E-state index in [0.717, 1.165) is 49.4 Å². The minimum absolute atomic E-state index is 0.0278. The molecule has 3 N–H and O–H groups in total. The lowest BCUT2D eigenvalue weighted by molar-refractivity contribution is -0.128. The van der Waals surface area contributed by atoms with Crippen molar-refractivity contribution in [1.82, 2.24) is 15.2 Å². The molecule has 3 atom stereocenters. The monoisotopic (exact) mass is 596 g/mol. The Kier molecular flexibility index (Phi) is 8.95. The van der Waals surface area contributed by atoms with E-state index in [4.69, 9.17) is 4.74 Å². The van der Waals surface area contributed by atoms with Crippen LogP contribution in [0.4, 0.5) is 21.9 Å². The maximum atomic E-state index is 13.2. The van der Waals surface area contributed by atoms with E-state index in [1.165, 1.54) is 12.8 Å². The van der Waals surface area contributed by atoms with Crippen molar-refractivity contribution < 1.29 is 19.1 Å². The van der Waals surface area contributed by atoms with E-state index in [0.29, 0.717) is 29.9 Å². The second-order valence-corrected chi connectivity index (χ2v) is 12.1. The molecule has 44 heavy (non-hydrogen) atoms. The summed E-state index contributed by atoms with van der Waals surface area (Å²) in [5.41, 5.74) is 3.35. The van der Waals surface area contributed by atoms with Crippen LogP contribution in [0.25, 0.3) is 0 Å². The van der Waals surface area contributed by atoms with Crippen LogP contribution in [0.15, 0.2) is 73.1 Å². The van der Waals surface area contributed by atoms with Gasteiger partial charge in [0.25, 0.3) is 0 Å². The Hall–Kier alpha value is -4.60. The van der Waals surface area contributed by atoms with Gasteiger partial charge in [-0.15, -0.1) is 0 Å². The zero-order chi connectivity index (χ0) is 30.5. The van der Waals surface area contributed by atoms with Crippen LogP contribution in [0.1, 0.15) is 50.1 Å². The average molecular weight is 597 g/mol. The van der Waals surface area contributed by atoms with Crippen molar-refractivity contribution in [1.29, 1.82) is 0 Å². The Bertz CT molecular complexity index is 1440. The molecule has 10 nitrogen and oxygen atoms in total. The summed E-state index contributed by atoms with van der Waals surface area (Å²) < 4.78 is 6.00. The Balaban J connectivity index is 0.953. The van der Waals surface area contributed by atoms with Crippen LogP contribution >= 0.6 is 0 Å². The summed E-state index contributed by atoms with van der Waals surface area (Å²) in [6, 6.07) is 18.4. The van der Waals surface area contributed by atoms with Crippen molar-refractivity contribution in [2.24, 2.45) is 11.8 Å². The number of amides is 4. The molecule has 1 aromatic heterocycles. The highest BCUT2D eigenvalue weighted by molar-refractivity contribution is 5.99. The molecule has 2 saturated heterocycles. The van der Waals surface area contributed by atoms with Crippen LogP contribution in [-0.2, 0) is 9.59 Å². The first-order chi connectivity index (χ1) is 21.4. The third-order valence-corrected chi connectivity index (χ3v) is 9.01. The van der Waals surface area contributed by atoms with E-state index in [-0.39, 0.29) is 30.3 Å². The van der Waals surface area contributed by atoms with Crippen LogP contribution in [0, 0.1) is 11.8 Å². The number of urea groups is 1. The first-order valence-electron chi connectivity index (χ1n) is 15.6. The number of nitrogens with one attached hydrogen (secondary N) is 3. The number of carbonyl (C=O) groups is 3. The van der Waals surface area contributed by atoms with Gasteiger partial charge in [0.2, 0.25) is 11.8 Å². The molecule has 4 amide bonds. The van der Waals surface area contributed by atoms with E-state index < -0.39 is 5.92 Å². The first-order valence-corrected chi connectivity index (χ1v) is 15.6. The van der Waals surface area contributed by atoms with Crippen molar-refractivity contribution in [3.8, 4) is 5.75 Å². The third-order valence-electron chi connectivity index (χ3n) is 9.01. The third kappa shape index (κ3) is 6.96. The molecule has 1 unspecified atom stereocenters. The Morgan fingerprint density at radius 2 is 1.66 bits per heavy atom. The van der Waals surface area contributed by atoms with Crippen molar-refractivity contribution >= 4 is 34.9 Å². The van der Waals surface area contributed by atoms with Crippen LogP contribution in [-0.4, -0.2) is 60.5 Å². The molecular formula is C34H40N6O4. The number of benzene rings is 2. The van der Waals surface area contributed by atoms with E-state index in [1.54, 1.807) is 24.3 Å². The lowest BCUT2D eigenvalue weighted by Crippen LogP contribution is -2.37. The maximum Gasteiger partial charge on any atom is 0.323 e. The molecule has 0 spiro atoms. The van der Waals surface area contributed by atoms with Gasteiger partial charge in [-0.3, -0.25) is 14.6 Å². The number of hydrogen-bond donors (Lipinski definition) is 3. The van der Waals surface area contributed by atoms with Gasteiger partial charge >= 0.3 is 6.03 Å². The molecule has 0 bridgehead atoms. The zero-order valence-corrected chi connectivity index (χ0v) is 25.1. The standard InChI is InChI=1S/C34H40N6O4/c1-39-31(41)19-30(32(39)24-5-4-17-35-21-24)33(42)36-20-23-16-18-40(22-23)27-12-8-25(9-13-27)37-34(43)38-26-10-14-29(15-11-26)44-28-6-2-3-7-28/h4-5,8-15,17,21,23,28,30,32H,2-3,6-7,16,18-20,22H2,1H3,(H,36,42)(H2,37,38,43)/t23?,30-,32+/m1/s1. The van der Waals surface area contributed by atoms with Crippen molar-refractivity contribution in [2.45, 2.75) is 50.7 Å². The fourth-order valence-electron chi connectivity index (χ4n) is 6.59. The molecule has 3 aromatic rings. The van der Waals surface area contributed by atoms with E-state index in [1.807, 2.05) is 60.7 Å². The van der Waals surface area contributed by atoms with Crippen molar-refractivity contribution in [3.05, 3.63) is 78.6 Å². The topological polar surface area (TPSA) is 116 Å². The second-order valence-electron chi connectivity index (χ2n) is 12.1. The summed E-state index contributed by atoms with van der Waals surface area (Å²) in [4.78, 5) is 46.3. The summed E-state index contributed by atoms with van der Waals surface area (Å²) in [6.07, 6.45) is 9.55. The van der Waals surface area contributed by atoms with E-state index >= 15 is 0 Å². The Morgan fingerprint density at radius 1 is 0.955 bits per heavy atom. The van der Waals surface area contributed by atoms with Gasteiger partial charge in [-0.25, -0.2) is 4.79 Å². The predicted octanol–water partition coefficient (Wildman–Crippen LogP) is 5.21. The number of ether oxygens (including phenoxy) is 1. The smallest absolute Gasteiger partial charge is 0.323 e. The maximum absolute atomic E-state index is 13.2. The minimum Gasteiger partial charge on any atom is -0.490 e. The van der Waals surface area contributed by atoms with Gasteiger partial charge in [-0.05, 0) is 98.2 Å². The van der Waals surface area contributed by atoms with Crippen molar-refractivity contribution in [2.75, 3.05) is 42.2 Å². The second kappa shape index (κ2) is 13.4. The number of aromatic nitrogens is 1. The summed E-state index contributed by atoms with van der Waals surface area (Å²) in [5, 5.41) is 8.89. The highest BCUT2D eigenvalue weighted by atomic mass is 16.5. The molecular weight excluding hydrogens is 556 g/mol. The number of hydrogen-bond acceptors (Lipinski definition) is 6. The molecule has 6 rings (SSSR count). The van der Waals surface area contributed by atoms with Gasteiger partial charge in [0.1, 0.15) is 5.75 Å². The van der Waals surface area contributed by atoms with Gasteiger partial charge in [0.15, 0.2) is 0 Å². The summed E-state index contributed by atoms with van der Waals surface area (Å²) in [7, 11) is 1.75. The molecule has 2 aromatic carbocycles. The Labute approximate surface area is 258 Å². The van der Waals surface area contributed by atoms with Gasteiger partial charge in [-0.2, -0.15) is 0 Å². The van der Waals surface area contributed by atoms with Gasteiger partial charge in [-0.1, -0.05) is 6.07 Å². The number of anilines is 3. The minimum atomic E-state index is -0.429. The van der Waals surface area contributed by atoms with Crippen molar-refractivity contribution in [3.63, 3.8) is 0 Å². The van der Waals surface area contributed by atoms with Gasteiger partial charge in [0, 0.05) is 62.6 Å². The zero-order valence-electron chi connectivity index (χ0n) is 25.1. The summed E-state index contributed by atoms with van der Waals surface area (Å²) in [6.45, 7) is 2.28. The van der Waals surface area contributed by atoms with Gasteiger partial charge in [0.05, 0.1) is 18.1 Å². The first kappa shape index (κ1) is 29.5. The molecule has 1 aliphatic carbocycles. The van der Waals surface area contributed by atoms with Crippen LogP contribution in [0.5, 0.6) is 5.75 Å². The van der Waals surface area contributed by atoms with E-state index in [9.17, 15) is 14.4 Å². The van der Waals surface area contributed by atoms with Crippen LogP contribution in [0.3, 0.4) is 0 Å². The average Bonchev–Trinajstić information content (AvgIpc) is 3.79. The highest BCUT2D eigenvalue weighted by Crippen LogP contribution is 2.37. The molecule has 10 heteroatoms. The normalized spacial score (nSPS) is 21.8. The predicted molar refractivity (Wildman–Crippen MR) is 170 cm³/mol. The fourth-order valence-corrected chi connectivity index (χ4v) is 6.59. The number of pyridine rings is 1. The number of nitrogens with zero attached hydrogens (tertiary/aromatic N) is 3. The van der Waals surface area contributed by atoms with E-state index in [2.05, 4.69) is 25.8 Å². The largest absolute Gasteiger partial charge is 0.490 e. The fraction of sp³-hybridized carbons (Fsp3) is 0.412. The molecule has 1 saturated carbocycles. The summed E-state index contributed by atoms with van der Waals surface area (Å²) >= 11 is 0.